The Kier molecular flexibility index (Phi) is 7.19. The van der Waals surface area contributed by atoms with Gasteiger partial charge in [0.05, 0.1) is 6.61 Å². The summed E-state index contributed by atoms with van der Waals surface area (Å²) in [5, 5.41) is 0. The molecule has 0 amide bonds. The van der Waals surface area contributed by atoms with Crippen molar-refractivity contribution in [1.82, 2.24) is 4.98 Å². The fourth-order valence-corrected chi connectivity index (χ4v) is 3.28. The van der Waals surface area contributed by atoms with Crippen molar-refractivity contribution in [2.24, 2.45) is 10.7 Å². The lowest BCUT2D eigenvalue weighted by atomic mass is 9.88. The minimum absolute atomic E-state index is 0. The number of ketones is 1. The summed E-state index contributed by atoms with van der Waals surface area (Å²) in [6.07, 6.45) is -3.36. The van der Waals surface area contributed by atoms with Gasteiger partial charge in [-0.05, 0) is 59.6 Å². The number of halogens is 6. The van der Waals surface area contributed by atoms with E-state index in [1.807, 2.05) is 0 Å². The number of nitrogens with zero attached hydrogens (tertiary/aromatic N) is 2. The Morgan fingerprint density at radius 2 is 1.94 bits per heavy atom. The van der Waals surface area contributed by atoms with E-state index in [2.05, 4.69) is 25.9 Å². The van der Waals surface area contributed by atoms with Gasteiger partial charge in [-0.2, -0.15) is 13.2 Å². The first-order valence-electron chi connectivity index (χ1n) is 8.86. The molecule has 0 fully saturated rings. The molecule has 0 unspecified atom stereocenters. The number of nitrogens with two attached hydrogens (primary N) is 1. The maximum absolute atomic E-state index is 14.6. The highest BCUT2D eigenvalue weighted by molar-refractivity contribution is 9.10. The maximum atomic E-state index is 14.6. The molecular formula is C20H19BrClF4N3O2. The van der Waals surface area contributed by atoms with Gasteiger partial charge in [-0.15, -0.1) is 12.4 Å². The largest absolute Gasteiger partial charge is 0.424 e. The number of aromatic nitrogens is 1. The van der Waals surface area contributed by atoms with Crippen LogP contribution in [0.4, 0.5) is 17.6 Å². The van der Waals surface area contributed by atoms with Crippen LogP contribution in [0.25, 0.3) is 0 Å². The standard InChI is InChI=1S/C20H18BrF4N3O2.ClH/c1-18(10-30-19(2,17(26)28-18)20(23,24)25)13-7-11(3-5-14(13)22)8-16(29)15-6-4-12(21)9-27-15;/h3-7,9H,8,10H2,1-2H3,(H2,26,28);1H/t18-,19+;/m0./s1. The first-order chi connectivity index (χ1) is 13.9. The van der Waals surface area contributed by atoms with E-state index in [0.29, 0.717) is 5.56 Å². The van der Waals surface area contributed by atoms with E-state index in [4.69, 9.17) is 10.5 Å². The minimum atomic E-state index is -4.77. The molecule has 1 aromatic heterocycles. The molecule has 11 heteroatoms. The molecular weight excluding hydrogens is 506 g/mol. The number of hydrogen-bond donors (Lipinski definition) is 1. The smallest absolute Gasteiger partial charge is 0.385 e. The predicted molar refractivity (Wildman–Crippen MR) is 113 cm³/mol. The molecule has 0 spiro atoms. The number of aliphatic imine (C=N–C) groups is 1. The zero-order valence-corrected chi connectivity index (χ0v) is 18.9. The minimum Gasteiger partial charge on any atom is -0.385 e. The highest BCUT2D eigenvalue weighted by Gasteiger charge is 2.59. The Morgan fingerprint density at radius 3 is 2.48 bits per heavy atom. The zero-order chi connectivity index (χ0) is 22.3. The van der Waals surface area contributed by atoms with Crippen LogP contribution in [0.2, 0.25) is 0 Å². The number of alkyl halides is 3. The van der Waals surface area contributed by atoms with Crippen molar-refractivity contribution < 1.29 is 27.1 Å². The Hall–Kier alpha value is -2.04. The molecule has 0 radical (unpaired) electrons. The topological polar surface area (TPSA) is 77.6 Å². The number of carbonyl (C=O) groups excluding carboxylic acids is 1. The third-order valence-corrected chi connectivity index (χ3v) is 5.50. The second-order valence-electron chi connectivity index (χ2n) is 7.37. The van der Waals surface area contributed by atoms with Gasteiger partial charge in [0.2, 0.25) is 5.60 Å². The summed E-state index contributed by atoms with van der Waals surface area (Å²) in [5.41, 5.74) is 2.04. The molecule has 2 heterocycles. The summed E-state index contributed by atoms with van der Waals surface area (Å²) >= 11 is 3.23. The molecule has 2 N–H and O–H groups in total. The third kappa shape index (κ3) is 4.91. The molecule has 0 saturated carbocycles. The van der Waals surface area contributed by atoms with Crippen molar-refractivity contribution in [3.8, 4) is 0 Å². The van der Waals surface area contributed by atoms with Gasteiger partial charge in [0.15, 0.2) is 5.78 Å². The summed E-state index contributed by atoms with van der Waals surface area (Å²) in [6, 6.07) is 7.18. The molecule has 1 aliphatic heterocycles. The first-order valence-corrected chi connectivity index (χ1v) is 9.65. The number of Topliss-reactive ketones (excluding diaryl/α,β-unsaturated/α-hetero) is 1. The normalized spacial score (nSPS) is 23.6. The monoisotopic (exact) mass is 523 g/mol. The van der Waals surface area contributed by atoms with Crippen molar-refractivity contribution >= 4 is 40.0 Å². The van der Waals surface area contributed by atoms with Crippen molar-refractivity contribution in [2.45, 2.75) is 37.6 Å². The highest BCUT2D eigenvalue weighted by Crippen LogP contribution is 2.41. The molecule has 1 aromatic carbocycles. The van der Waals surface area contributed by atoms with Crippen LogP contribution < -0.4 is 5.73 Å². The number of ether oxygens (including phenoxy) is 1. The molecule has 168 valence electrons. The van der Waals surface area contributed by atoms with Crippen LogP contribution >= 0.6 is 28.3 Å². The SMILES string of the molecule is C[C@@]1(c2cc(CC(=O)c3ccc(Br)cn3)ccc2F)CO[C@@](C)(C(F)(F)F)C(N)=N1.Cl. The Balaban J connectivity index is 0.00000341. The summed E-state index contributed by atoms with van der Waals surface area (Å²) in [4.78, 5) is 20.4. The van der Waals surface area contributed by atoms with Gasteiger partial charge in [-0.1, -0.05) is 6.07 Å². The van der Waals surface area contributed by atoms with E-state index >= 15 is 0 Å². The average Bonchev–Trinajstić information content (AvgIpc) is 2.66. The lowest BCUT2D eigenvalue weighted by molar-refractivity contribution is -0.249. The first kappa shape index (κ1) is 25.2. The van der Waals surface area contributed by atoms with Gasteiger partial charge in [0.25, 0.3) is 0 Å². The van der Waals surface area contributed by atoms with Gasteiger partial charge < -0.3 is 10.5 Å². The second kappa shape index (κ2) is 8.84. The molecule has 2 atom stereocenters. The van der Waals surface area contributed by atoms with Crippen molar-refractivity contribution in [3.05, 3.63) is 63.6 Å². The van der Waals surface area contributed by atoms with Crippen LogP contribution in [0.15, 0.2) is 46.0 Å². The van der Waals surface area contributed by atoms with E-state index in [-0.39, 0.29) is 35.9 Å². The van der Waals surface area contributed by atoms with Crippen LogP contribution in [0.3, 0.4) is 0 Å². The highest BCUT2D eigenvalue weighted by atomic mass is 79.9. The maximum Gasteiger partial charge on any atom is 0.424 e. The number of amidine groups is 1. The zero-order valence-electron chi connectivity index (χ0n) is 16.5. The summed E-state index contributed by atoms with van der Waals surface area (Å²) in [6.45, 7) is 1.67. The van der Waals surface area contributed by atoms with E-state index in [0.717, 1.165) is 17.5 Å². The Morgan fingerprint density at radius 1 is 1.26 bits per heavy atom. The van der Waals surface area contributed by atoms with Crippen LogP contribution in [-0.4, -0.2) is 35.0 Å². The van der Waals surface area contributed by atoms with E-state index in [9.17, 15) is 22.4 Å². The molecule has 31 heavy (non-hydrogen) atoms. The second-order valence-corrected chi connectivity index (χ2v) is 8.28. The number of benzene rings is 1. The number of hydrogen-bond acceptors (Lipinski definition) is 5. The van der Waals surface area contributed by atoms with E-state index in [1.54, 1.807) is 12.1 Å². The molecule has 1 aliphatic rings. The fraction of sp³-hybridized carbons (Fsp3) is 0.350. The quantitative estimate of drug-likeness (QED) is 0.462. The third-order valence-electron chi connectivity index (χ3n) is 5.03. The van der Waals surface area contributed by atoms with Gasteiger partial charge in [0.1, 0.15) is 22.9 Å². The number of pyridine rings is 1. The molecule has 0 saturated heterocycles. The van der Waals surface area contributed by atoms with E-state index in [1.165, 1.54) is 25.3 Å². The van der Waals surface area contributed by atoms with Gasteiger partial charge >= 0.3 is 6.18 Å². The molecule has 5 nitrogen and oxygen atoms in total. The number of rotatable bonds is 4. The van der Waals surface area contributed by atoms with Crippen molar-refractivity contribution in [3.63, 3.8) is 0 Å². The van der Waals surface area contributed by atoms with Crippen molar-refractivity contribution in [2.75, 3.05) is 6.61 Å². The molecule has 0 aliphatic carbocycles. The van der Waals surface area contributed by atoms with Gasteiger partial charge in [-0.3, -0.25) is 14.8 Å². The number of carbonyl (C=O) groups is 1. The van der Waals surface area contributed by atoms with Gasteiger partial charge in [-0.25, -0.2) is 4.39 Å². The van der Waals surface area contributed by atoms with E-state index < -0.39 is 35.6 Å². The van der Waals surface area contributed by atoms with Crippen LogP contribution in [0.5, 0.6) is 0 Å². The summed E-state index contributed by atoms with van der Waals surface area (Å²) in [5.74, 6) is -1.77. The van der Waals surface area contributed by atoms with Crippen LogP contribution in [0, 0.1) is 5.82 Å². The van der Waals surface area contributed by atoms with Gasteiger partial charge in [0, 0.05) is 22.7 Å². The molecule has 3 rings (SSSR count). The lowest BCUT2D eigenvalue weighted by Gasteiger charge is -2.41. The van der Waals surface area contributed by atoms with Crippen molar-refractivity contribution in [1.29, 1.82) is 0 Å². The molecule has 0 bridgehead atoms. The Labute approximate surface area is 190 Å². The van der Waals surface area contributed by atoms with Crippen LogP contribution in [0.1, 0.15) is 35.5 Å². The predicted octanol–water partition coefficient (Wildman–Crippen LogP) is 4.75. The average molecular weight is 525 g/mol. The summed E-state index contributed by atoms with van der Waals surface area (Å²) < 4.78 is 60.2. The lowest BCUT2D eigenvalue weighted by Crippen LogP contribution is -2.60. The molecule has 2 aromatic rings. The Bertz CT molecular complexity index is 1020. The fourth-order valence-electron chi connectivity index (χ4n) is 3.04. The van der Waals surface area contributed by atoms with Crippen LogP contribution in [-0.2, 0) is 16.7 Å². The summed E-state index contributed by atoms with van der Waals surface area (Å²) in [7, 11) is 0.